The van der Waals surface area contributed by atoms with Crippen LogP contribution in [0.15, 0.2) is 0 Å². The molecule has 3 atom stereocenters. The maximum Gasteiger partial charge on any atom is 0.405 e. The number of halogens is 3. The number of fused-ring (bicyclic) bond motifs is 1. The molecule has 0 radical (unpaired) electrons. The van der Waals surface area contributed by atoms with E-state index in [1.54, 1.807) is 0 Å². The number of piperidine rings is 1. The minimum Gasteiger partial charge on any atom is -0.483 e. The Bertz CT molecular complexity index is 498. The number of ether oxygens (including phenoxy) is 1. The Hall–Kier alpha value is -1.35. The Morgan fingerprint density at radius 3 is 2.54 bits per heavy atom. The average molecular weight is 408 g/mol. The Morgan fingerprint density at radius 2 is 1.89 bits per heavy atom. The van der Waals surface area contributed by atoms with Crippen molar-refractivity contribution in [3.05, 3.63) is 0 Å². The Labute approximate surface area is 163 Å². The average Bonchev–Trinajstić information content (AvgIpc) is 3.03. The van der Waals surface area contributed by atoms with Crippen molar-refractivity contribution >= 4 is 12.4 Å². The third-order valence-corrected chi connectivity index (χ3v) is 5.99. The van der Waals surface area contributed by atoms with Crippen molar-refractivity contribution in [2.24, 2.45) is 17.8 Å². The molecule has 1 aliphatic carbocycles. The van der Waals surface area contributed by atoms with Gasteiger partial charge in [0.25, 0.3) is 6.47 Å². The second-order valence-electron chi connectivity index (χ2n) is 8.05. The van der Waals surface area contributed by atoms with Gasteiger partial charge in [0.1, 0.15) is 6.54 Å². The highest BCUT2D eigenvalue weighted by Gasteiger charge is 2.42. The first-order valence-electron chi connectivity index (χ1n) is 10.1. The second-order valence-corrected chi connectivity index (χ2v) is 8.05. The number of nitrogens with one attached hydrogen (secondary N) is 1. The highest BCUT2D eigenvalue weighted by atomic mass is 19.4. The van der Waals surface area contributed by atoms with Crippen LogP contribution in [0, 0.1) is 17.8 Å². The summed E-state index contributed by atoms with van der Waals surface area (Å²) in [6.45, 7) is 2.30. The predicted molar refractivity (Wildman–Crippen MR) is 96.7 cm³/mol. The molecule has 0 bridgehead atoms. The minimum atomic E-state index is -4.36. The lowest BCUT2D eigenvalue weighted by Crippen LogP contribution is -2.44. The second kappa shape index (κ2) is 11.0. The van der Waals surface area contributed by atoms with Gasteiger partial charge >= 0.3 is 6.18 Å². The van der Waals surface area contributed by atoms with Crippen LogP contribution in [0.3, 0.4) is 0 Å². The van der Waals surface area contributed by atoms with E-state index in [0.29, 0.717) is 18.4 Å². The van der Waals surface area contributed by atoms with Crippen molar-refractivity contribution in [2.75, 3.05) is 32.8 Å². The third-order valence-electron chi connectivity index (χ3n) is 5.99. The fourth-order valence-corrected chi connectivity index (χ4v) is 4.73. The molecule has 6 nitrogen and oxygen atoms in total. The molecule has 2 N–H and O–H groups in total. The van der Waals surface area contributed by atoms with Gasteiger partial charge in [0.2, 0.25) is 5.91 Å². The molecule has 162 valence electrons. The molecule has 0 aromatic heterocycles. The standard InChI is InChI=1S/C18H29F3N2O2.CH2O2/c19-18(20,21)12-22-17(24)8-16-15-6-7-23(10-14(15)11-25-16)9-13-4-2-1-3-5-13;2-1-3/h13-16H,1-12H2,(H,22,24);1H,(H,2,3)/t14-,15-,16+;/m1./s1. The normalized spacial score (nSPS) is 28.8. The third kappa shape index (κ3) is 7.58. The first-order chi connectivity index (χ1) is 13.3. The highest BCUT2D eigenvalue weighted by molar-refractivity contribution is 5.76. The van der Waals surface area contributed by atoms with E-state index in [1.807, 2.05) is 5.32 Å². The SMILES string of the molecule is O=C(C[C@@H]1OC[C@H]2CN(CC3CCCCC3)CC[C@H]21)NCC(F)(F)F.O=CO. The molecule has 28 heavy (non-hydrogen) atoms. The monoisotopic (exact) mass is 408 g/mol. The van der Waals surface area contributed by atoms with Gasteiger partial charge in [-0.25, -0.2) is 0 Å². The smallest absolute Gasteiger partial charge is 0.405 e. The summed E-state index contributed by atoms with van der Waals surface area (Å²) in [6, 6.07) is 0. The lowest BCUT2D eigenvalue weighted by atomic mass is 9.82. The van der Waals surface area contributed by atoms with Crippen LogP contribution in [0.2, 0.25) is 0 Å². The Morgan fingerprint density at radius 1 is 1.21 bits per heavy atom. The molecule has 0 spiro atoms. The molecule has 0 aromatic carbocycles. The van der Waals surface area contributed by atoms with Gasteiger partial charge in [-0.05, 0) is 37.6 Å². The van der Waals surface area contributed by atoms with Crippen LogP contribution in [0.5, 0.6) is 0 Å². The number of alkyl halides is 3. The highest BCUT2D eigenvalue weighted by Crippen LogP contribution is 2.36. The zero-order valence-corrected chi connectivity index (χ0v) is 16.1. The topological polar surface area (TPSA) is 78.9 Å². The number of rotatable bonds is 5. The summed E-state index contributed by atoms with van der Waals surface area (Å²) in [4.78, 5) is 22.6. The van der Waals surface area contributed by atoms with Crippen LogP contribution in [0.1, 0.15) is 44.9 Å². The van der Waals surface area contributed by atoms with E-state index >= 15 is 0 Å². The van der Waals surface area contributed by atoms with E-state index in [4.69, 9.17) is 14.6 Å². The summed E-state index contributed by atoms with van der Waals surface area (Å²) in [7, 11) is 0. The van der Waals surface area contributed by atoms with Crippen molar-refractivity contribution in [3.8, 4) is 0 Å². The van der Waals surface area contributed by atoms with Crippen molar-refractivity contribution in [2.45, 2.75) is 57.2 Å². The number of carbonyl (C=O) groups excluding carboxylic acids is 1. The quantitative estimate of drug-likeness (QED) is 0.684. The summed E-state index contributed by atoms with van der Waals surface area (Å²) >= 11 is 0. The first-order valence-corrected chi connectivity index (χ1v) is 10.1. The van der Waals surface area contributed by atoms with Gasteiger partial charge in [0, 0.05) is 19.0 Å². The molecule has 1 saturated carbocycles. The van der Waals surface area contributed by atoms with Crippen molar-refractivity contribution in [1.82, 2.24) is 10.2 Å². The Kier molecular flexibility index (Phi) is 9.01. The molecule has 3 fully saturated rings. The molecule has 3 aliphatic rings. The van der Waals surface area contributed by atoms with Crippen LogP contribution in [0.25, 0.3) is 0 Å². The summed E-state index contributed by atoms with van der Waals surface area (Å²) in [5.74, 6) is 0.973. The molecule has 2 saturated heterocycles. The summed E-state index contributed by atoms with van der Waals surface area (Å²) in [5, 5.41) is 8.84. The minimum absolute atomic E-state index is 0.0415. The lowest BCUT2D eigenvalue weighted by molar-refractivity contribution is -0.140. The first kappa shape index (κ1) is 22.9. The number of hydrogen-bond acceptors (Lipinski definition) is 4. The number of hydrogen-bond donors (Lipinski definition) is 2. The van der Waals surface area contributed by atoms with E-state index < -0.39 is 18.6 Å². The molecule has 2 heterocycles. The van der Waals surface area contributed by atoms with E-state index in [1.165, 1.54) is 38.6 Å². The van der Waals surface area contributed by atoms with Crippen LogP contribution in [0.4, 0.5) is 13.2 Å². The summed E-state index contributed by atoms with van der Waals surface area (Å²) < 4.78 is 42.3. The van der Waals surface area contributed by atoms with E-state index in [-0.39, 0.29) is 19.0 Å². The fourth-order valence-electron chi connectivity index (χ4n) is 4.73. The molecule has 3 rings (SSSR count). The number of nitrogens with zero attached hydrogens (tertiary/aromatic N) is 1. The zero-order valence-electron chi connectivity index (χ0n) is 16.1. The molecule has 9 heteroatoms. The molecular weight excluding hydrogens is 377 g/mol. The number of carboxylic acid groups (broad SMARTS) is 1. The molecular formula is C19H31F3N2O4. The van der Waals surface area contributed by atoms with Crippen molar-refractivity contribution in [1.29, 1.82) is 0 Å². The molecule has 2 aliphatic heterocycles. The number of carbonyl (C=O) groups is 2. The maximum absolute atomic E-state index is 12.2. The van der Waals surface area contributed by atoms with Gasteiger partial charge < -0.3 is 20.1 Å². The fraction of sp³-hybridized carbons (Fsp3) is 0.895. The lowest BCUT2D eigenvalue weighted by Gasteiger charge is -2.38. The maximum atomic E-state index is 12.2. The number of likely N-dealkylation sites (tertiary alicyclic amines) is 1. The van der Waals surface area contributed by atoms with Crippen molar-refractivity contribution in [3.63, 3.8) is 0 Å². The predicted octanol–water partition coefficient (Wildman–Crippen LogP) is 2.67. The van der Waals surface area contributed by atoms with E-state index in [2.05, 4.69) is 4.90 Å². The van der Waals surface area contributed by atoms with Gasteiger partial charge in [-0.15, -0.1) is 0 Å². The van der Waals surface area contributed by atoms with Crippen LogP contribution in [-0.4, -0.2) is 67.5 Å². The molecule has 1 amide bonds. The van der Waals surface area contributed by atoms with E-state index in [0.717, 1.165) is 25.4 Å². The zero-order chi connectivity index (χ0) is 20.6. The van der Waals surface area contributed by atoms with Crippen LogP contribution < -0.4 is 5.32 Å². The largest absolute Gasteiger partial charge is 0.483 e. The van der Waals surface area contributed by atoms with Gasteiger partial charge in [0.05, 0.1) is 19.1 Å². The van der Waals surface area contributed by atoms with Gasteiger partial charge in [-0.1, -0.05) is 19.3 Å². The summed E-state index contributed by atoms with van der Waals surface area (Å²) in [5.41, 5.74) is 0. The Balaban J connectivity index is 0.000000878. The van der Waals surface area contributed by atoms with E-state index in [9.17, 15) is 18.0 Å². The molecule has 0 unspecified atom stereocenters. The van der Waals surface area contributed by atoms with Gasteiger partial charge in [0.15, 0.2) is 0 Å². The number of amides is 1. The van der Waals surface area contributed by atoms with Crippen LogP contribution >= 0.6 is 0 Å². The summed E-state index contributed by atoms with van der Waals surface area (Å²) in [6.07, 6.45) is 3.17. The van der Waals surface area contributed by atoms with Crippen molar-refractivity contribution < 1.29 is 32.6 Å². The van der Waals surface area contributed by atoms with Crippen LogP contribution in [-0.2, 0) is 14.3 Å². The molecule has 0 aromatic rings. The van der Waals surface area contributed by atoms with Gasteiger partial charge in [-0.2, -0.15) is 13.2 Å². The van der Waals surface area contributed by atoms with Gasteiger partial charge in [-0.3, -0.25) is 9.59 Å².